The molecule has 0 saturated heterocycles. The molecule has 0 atom stereocenters. The average Bonchev–Trinajstić information content (AvgIpc) is 2.39. The van der Waals surface area contributed by atoms with Crippen LogP contribution in [0.1, 0.15) is 19.5 Å². The summed E-state index contributed by atoms with van der Waals surface area (Å²) in [4.78, 5) is 9.00. The Hall–Kier alpha value is -2.10. The Bertz CT molecular complexity index is 555. The van der Waals surface area contributed by atoms with Gasteiger partial charge in [0.15, 0.2) is 5.82 Å². The fraction of sp³-hybridized carbons (Fsp3) is 0.333. The number of ether oxygens (including phenoxy) is 1. The summed E-state index contributed by atoms with van der Waals surface area (Å²) in [5.74, 6) is 2.42. The second-order valence-corrected chi connectivity index (χ2v) is 4.21. The second-order valence-electron chi connectivity index (χ2n) is 4.21. The van der Waals surface area contributed by atoms with E-state index in [1.165, 1.54) is 0 Å². The Morgan fingerprint density at radius 2 is 2.00 bits per heavy atom. The van der Waals surface area contributed by atoms with Gasteiger partial charge in [-0.2, -0.15) is 0 Å². The minimum absolute atomic E-state index is 0.654. The fourth-order valence-corrected chi connectivity index (χ4v) is 1.86. The SMILES string of the molecule is CCNc1cc(C)nc(-c2cccc(OCC)c2)n1. The maximum atomic E-state index is 5.50. The fourth-order valence-electron chi connectivity index (χ4n) is 1.86. The van der Waals surface area contributed by atoms with Gasteiger partial charge in [0.2, 0.25) is 0 Å². The van der Waals surface area contributed by atoms with Crippen molar-refractivity contribution in [2.75, 3.05) is 18.5 Å². The van der Waals surface area contributed by atoms with Crippen molar-refractivity contribution in [1.29, 1.82) is 0 Å². The average molecular weight is 257 g/mol. The number of benzene rings is 1. The van der Waals surface area contributed by atoms with E-state index in [2.05, 4.69) is 15.3 Å². The van der Waals surface area contributed by atoms with Crippen LogP contribution in [0.2, 0.25) is 0 Å². The highest BCUT2D eigenvalue weighted by Crippen LogP contribution is 2.22. The highest BCUT2D eigenvalue weighted by molar-refractivity contribution is 5.59. The number of aromatic nitrogens is 2. The Labute approximate surface area is 113 Å². The molecule has 0 amide bonds. The van der Waals surface area contributed by atoms with E-state index in [1.807, 2.05) is 51.1 Å². The minimum atomic E-state index is 0.654. The van der Waals surface area contributed by atoms with E-state index in [0.717, 1.165) is 35.2 Å². The minimum Gasteiger partial charge on any atom is -0.494 e. The van der Waals surface area contributed by atoms with Crippen molar-refractivity contribution in [1.82, 2.24) is 9.97 Å². The lowest BCUT2D eigenvalue weighted by molar-refractivity contribution is 0.340. The van der Waals surface area contributed by atoms with Crippen LogP contribution in [0.15, 0.2) is 30.3 Å². The summed E-state index contributed by atoms with van der Waals surface area (Å²) in [5.41, 5.74) is 1.91. The zero-order valence-electron chi connectivity index (χ0n) is 11.6. The molecule has 0 saturated carbocycles. The van der Waals surface area contributed by atoms with Gasteiger partial charge in [-0.25, -0.2) is 9.97 Å². The molecule has 1 aromatic carbocycles. The van der Waals surface area contributed by atoms with Gasteiger partial charge in [0.05, 0.1) is 6.61 Å². The van der Waals surface area contributed by atoms with E-state index < -0.39 is 0 Å². The van der Waals surface area contributed by atoms with E-state index in [1.54, 1.807) is 0 Å². The molecule has 0 radical (unpaired) electrons. The molecule has 1 heterocycles. The van der Waals surface area contributed by atoms with Crippen LogP contribution in [0.3, 0.4) is 0 Å². The van der Waals surface area contributed by atoms with Gasteiger partial charge in [-0.3, -0.25) is 0 Å². The quantitative estimate of drug-likeness (QED) is 0.893. The van der Waals surface area contributed by atoms with Gasteiger partial charge < -0.3 is 10.1 Å². The number of rotatable bonds is 5. The standard InChI is InChI=1S/C15H19N3O/c1-4-16-14-9-11(3)17-15(18-14)12-7-6-8-13(10-12)19-5-2/h6-10H,4-5H2,1-3H3,(H,16,17,18). The molecule has 4 nitrogen and oxygen atoms in total. The molecule has 100 valence electrons. The Balaban J connectivity index is 2.37. The Morgan fingerprint density at radius 3 is 2.74 bits per heavy atom. The van der Waals surface area contributed by atoms with Crippen molar-refractivity contribution >= 4 is 5.82 Å². The molecule has 2 aromatic rings. The van der Waals surface area contributed by atoms with Gasteiger partial charge >= 0.3 is 0 Å². The lowest BCUT2D eigenvalue weighted by Crippen LogP contribution is -2.02. The molecule has 0 aliphatic carbocycles. The van der Waals surface area contributed by atoms with Crippen LogP contribution in [-0.4, -0.2) is 23.1 Å². The van der Waals surface area contributed by atoms with Crippen LogP contribution in [-0.2, 0) is 0 Å². The van der Waals surface area contributed by atoms with Crippen LogP contribution in [0, 0.1) is 6.92 Å². The van der Waals surface area contributed by atoms with Crippen LogP contribution < -0.4 is 10.1 Å². The molecule has 0 unspecified atom stereocenters. The highest BCUT2D eigenvalue weighted by atomic mass is 16.5. The molecule has 2 rings (SSSR count). The van der Waals surface area contributed by atoms with E-state index in [9.17, 15) is 0 Å². The first-order valence-corrected chi connectivity index (χ1v) is 6.55. The summed E-state index contributed by atoms with van der Waals surface area (Å²) in [6.45, 7) is 7.49. The van der Waals surface area contributed by atoms with Crippen molar-refractivity contribution in [3.63, 3.8) is 0 Å². The summed E-state index contributed by atoms with van der Waals surface area (Å²) in [5, 5.41) is 3.22. The number of nitrogens with zero attached hydrogens (tertiary/aromatic N) is 2. The maximum Gasteiger partial charge on any atom is 0.161 e. The lowest BCUT2D eigenvalue weighted by Gasteiger charge is -2.08. The van der Waals surface area contributed by atoms with E-state index in [0.29, 0.717) is 6.61 Å². The van der Waals surface area contributed by atoms with Gasteiger partial charge in [0, 0.05) is 23.9 Å². The third kappa shape index (κ3) is 3.44. The maximum absolute atomic E-state index is 5.50. The molecule has 19 heavy (non-hydrogen) atoms. The van der Waals surface area contributed by atoms with Gasteiger partial charge in [0.25, 0.3) is 0 Å². The third-order valence-electron chi connectivity index (χ3n) is 2.62. The van der Waals surface area contributed by atoms with Crippen LogP contribution in [0.25, 0.3) is 11.4 Å². The number of nitrogens with one attached hydrogen (secondary N) is 1. The first kappa shape index (κ1) is 13.3. The molecule has 4 heteroatoms. The third-order valence-corrected chi connectivity index (χ3v) is 2.62. The number of hydrogen-bond acceptors (Lipinski definition) is 4. The van der Waals surface area contributed by atoms with E-state index in [-0.39, 0.29) is 0 Å². The normalized spacial score (nSPS) is 10.3. The Morgan fingerprint density at radius 1 is 1.16 bits per heavy atom. The summed E-state index contributed by atoms with van der Waals surface area (Å²) in [6.07, 6.45) is 0. The molecular formula is C15H19N3O. The van der Waals surface area contributed by atoms with Gasteiger partial charge in [-0.1, -0.05) is 12.1 Å². The number of hydrogen-bond donors (Lipinski definition) is 1. The van der Waals surface area contributed by atoms with Crippen molar-refractivity contribution in [2.45, 2.75) is 20.8 Å². The predicted molar refractivity (Wildman–Crippen MR) is 77.5 cm³/mol. The molecular weight excluding hydrogens is 238 g/mol. The molecule has 1 N–H and O–H groups in total. The summed E-state index contributed by atoms with van der Waals surface area (Å²) in [6, 6.07) is 9.80. The largest absolute Gasteiger partial charge is 0.494 e. The summed E-state index contributed by atoms with van der Waals surface area (Å²) >= 11 is 0. The zero-order chi connectivity index (χ0) is 13.7. The Kier molecular flexibility index (Phi) is 4.34. The molecule has 1 aromatic heterocycles. The van der Waals surface area contributed by atoms with Gasteiger partial charge in [-0.05, 0) is 32.9 Å². The zero-order valence-corrected chi connectivity index (χ0v) is 11.6. The molecule has 0 fully saturated rings. The summed E-state index contributed by atoms with van der Waals surface area (Å²) in [7, 11) is 0. The summed E-state index contributed by atoms with van der Waals surface area (Å²) < 4.78 is 5.50. The van der Waals surface area contributed by atoms with Crippen LogP contribution in [0.4, 0.5) is 5.82 Å². The first-order valence-electron chi connectivity index (χ1n) is 6.55. The topological polar surface area (TPSA) is 47.0 Å². The first-order chi connectivity index (χ1) is 9.22. The number of aryl methyl sites for hydroxylation is 1. The van der Waals surface area contributed by atoms with Gasteiger partial charge in [-0.15, -0.1) is 0 Å². The number of anilines is 1. The monoisotopic (exact) mass is 257 g/mol. The van der Waals surface area contributed by atoms with E-state index >= 15 is 0 Å². The van der Waals surface area contributed by atoms with Gasteiger partial charge in [0.1, 0.15) is 11.6 Å². The smallest absolute Gasteiger partial charge is 0.161 e. The molecule has 0 aliphatic rings. The van der Waals surface area contributed by atoms with Crippen molar-refractivity contribution in [2.24, 2.45) is 0 Å². The molecule has 0 aliphatic heterocycles. The molecule has 0 bridgehead atoms. The van der Waals surface area contributed by atoms with Crippen LogP contribution >= 0.6 is 0 Å². The van der Waals surface area contributed by atoms with Crippen molar-refractivity contribution in [3.8, 4) is 17.1 Å². The second kappa shape index (κ2) is 6.18. The van der Waals surface area contributed by atoms with Crippen LogP contribution in [0.5, 0.6) is 5.75 Å². The van der Waals surface area contributed by atoms with Crippen molar-refractivity contribution < 1.29 is 4.74 Å². The predicted octanol–water partition coefficient (Wildman–Crippen LogP) is 3.28. The lowest BCUT2D eigenvalue weighted by atomic mass is 10.2. The highest BCUT2D eigenvalue weighted by Gasteiger charge is 2.06. The van der Waals surface area contributed by atoms with Crippen molar-refractivity contribution in [3.05, 3.63) is 36.0 Å². The molecule has 0 spiro atoms. The van der Waals surface area contributed by atoms with E-state index in [4.69, 9.17) is 4.74 Å².